The van der Waals surface area contributed by atoms with Crippen LogP contribution in [0.4, 0.5) is 0 Å². The van der Waals surface area contributed by atoms with E-state index in [2.05, 4.69) is 28.1 Å². The Hall–Kier alpha value is -0.630. The summed E-state index contributed by atoms with van der Waals surface area (Å²) < 4.78 is 0. The summed E-state index contributed by atoms with van der Waals surface area (Å²) in [6, 6.07) is 10.2. The molecule has 0 radical (unpaired) electrons. The summed E-state index contributed by atoms with van der Waals surface area (Å²) >= 11 is 3.56. The number of Topliss-reactive ketones (excluding diaryl/α,β-unsaturated/α-hetero) is 1. The van der Waals surface area contributed by atoms with Crippen LogP contribution >= 0.6 is 15.9 Å². The number of rotatable bonds is 2. The van der Waals surface area contributed by atoms with Gasteiger partial charge in [-0.1, -0.05) is 59.1 Å². The minimum Gasteiger partial charge on any atom is -0.299 e. The van der Waals surface area contributed by atoms with Crippen LogP contribution in [0.15, 0.2) is 30.3 Å². The maximum Gasteiger partial charge on any atom is 0.144 e. The first kappa shape index (κ1) is 11.8. The van der Waals surface area contributed by atoms with Crippen molar-refractivity contribution in [3.05, 3.63) is 35.9 Å². The molecule has 1 aromatic rings. The number of benzene rings is 1. The summed E-state index contributed by atoms with van der Waals surface area (Å²) in [5, 5.41) is 0.753. The lowest BCUT2D eigenvalue weighted by atomic mass is 9.75. The number of halogens is 1. The van der Waals surface area contributed by atoms with Crippen molar-refractivity contribution in [3.8, 4) is 0 Å². The first-order valence-corrected chi connectivity index (χ1v) is 7.06. The fourth-order valence-electron chi connectivity index (χ4n) is 2.55. The fraction of sp³-hybridized carbons (Fsp3) is 0.500. The van der Waals surface area contributed by atoms with Crippen LogP contribution < -0.4 is 0 Å². The highest BCUT2D eigenvalue weighted by Gasteiger charge is 2.38. The number of carbonyl (C=O) groups is 1. The van der Waals surface area contributed by atoms with E-state index in [9.17, 15) is 4.79 Å². The molecule has 0 aliphatic heterocycles. The number of carbonyl (C=O) groups excluding carboxylic acids is 1. The third-order valence-corrected chi connectivity index (χ3v) is 4.55. The van der Waals surface area contributed by atoms with Gasteiger partial charge in [-0.25, -0.2) is 0 Å². The van der Waals surface area contributed by atoms with Crippen LogP contribution in [0.1, 0.15) is 37.7 Å². The van der Waals surface area contributed by atoms with Gasteiger partial charge in [0.25, 0.3) is 0 Å². The van der Waals surface area contributed by atoms with E-state index in [4.69, 9.17) is 0 Å². The monoisotopic (exact) mass is 280 g/mol. The topological polar surface area (TPSA) is 17.1 Å². The standard InChI is InChI=1S/C14H17BrO/c15-11-14(12-7-3-1-4-8-12)10-6-2-5-9-13(14)16/h1,3-4,7-8H,2,5-6,9-11H2. The Balaban J connectivity index is 2.40. The average molecular weight is 281 g/mol. The first-order chi connectivity index (χ1) is 7.79. The Morgan fingerprint density at radius 3 is 2.56 bits per heavy atom. The van der Waals surface area contributed by atoms with E-state index in [1.54, 1.807) is 0 Å². The summed E-state index contributed by atoms with van der Waals surface area (Å²) in [5.41, 5.74) is 0.913. The molecule has 0 bridgehead atoms. The molecule has 1 saturated carbocycles. The molecule has 0 saturated heterocycles. The van der Waals surface area contributed by atoms with Gasteiger partial charge < -0.3 is 0 Å². The zero-order valence-corrected chi connectivity index (χ0v) is 11.0. The lowest BCUT2D eigenvalue weighted by Gasteiger charge is -2.29. The third kappa shape index (κ3) is 2.08. The van der Waals surface area contributed by atoms with Crippen molar-refractivity contribution in [2.45, 2.75) is 37.5 Å². The van der Waals surface area contributed by atoms with Crippen molar-refractivity contribution in [2.24, 2.45) is 0 Å². The second kappa shape index (κ2) is 5.13. The number of hydrogen-bond acceptors (Lipinski definition) is 1. The quantitative estimate of drug-likeness (QED) is 0.594. The Kier molecular flexibility index (Phi) is 3.80. The largest absolute Gasteiger partial charge is 0.299 e. The average Bonchev–Trinajstić information content (AvgIpc) is 2.53. The van der Waals surface area contributed by atoms with Gasteiger partial charge in [-0.2, -0.15) is 0 Å². The second-order valence-electron chi connectivity index (χ2n) is 4.57. The van der Waals surface area contributed by atoms with Crippen molar-refractivity contribution < 1.29 is 4.79 Å². The van der Waals surface area contributed by atoms with Crippen LogP contribution in [0.2, 0.25) is 0 Å². The van der Waals surface area contributed by atoms with E-state index in [0.717, 1.165) is 31.0 Å². The fourth-order valence-corrected chi connectivity index (χ4v) is 3.47. The van der Waals surface area contributed by atoms with Gasteiger partial charge in [-0.15, -0.1) is 0 Å². The molecular formula is C14H17BrO. The van der Waals surface area contributed by atoms with Gasteiger partial charge in [-0.3, -0.25) is 4.79 Å². The van der Waals surface area contributed by atoms with Crippen molar-refractivity contribution in [1.82, 2.24) is 0 Å². The number of hydrogen-bond donors (Lipinski definition) is 0. The van der Waals surface area contributed by atoms with Gasteiger partial charge in [0.2, 0.25) is 0 Å². The molecular weight excluding hydrogens is 264 g/mol. The smallest absolute Gasteiger partial charge is 0.144 e. The number of ketones is 1. The molecule has 1 nitrogen and oxygen atoms in total. The predicted molar refractivity (Wildman–Crippen MR) is 70.0 cm³/mol. The zero-order valence-electron chi connectivity index (χ0n) is 9.42. The van der Waals surface area contributed by atoms with Gasteiger partial charge in [0.05, 0.1) is 5.41 Å². The van der Waals surface area contributed by atoms with E-state index in [-0.39, 0.29) is 5.41 Å². The molecule has 1 unspecified atom stereocenters. The first-order valence-electron chi connectivity index (χ1n) is 5.94. The van der Waals surface area contributed by atoms with Gasteiger partial charge in [0, 0.05) is 11.8 Å². The highest BCUT2D eigenvalue weighted by atomic mass is 79.9. The van der Waals surface area contributed by atoms with Gasteiger partial charge in [0.1, 0.15) is 5.78 Å². The van der Waals surface area contributed by atoms with Crippen LogP contribution in [0.3, 0.4) is 0 Å². The summed E-state index contributed by atoms with van der Waals surface area (Å²) in [5.74, 6) is 0.410. The molecule has 1 aliphatic carbocycles. The Labute approximate surface area is 105 Å². The van der Waals surface area contributed by atoms with Gasteiger partial charge in [-0.05, 0) is 18.4 Å². The van der Waals surface area contributed by atoms with Crippen molar-refractivity contribution in [2.75, 3.05) is 5.33 Å². The highest BCUT2D eigenvalue weighted by Crippen LogP contribution is 2.37. The highest BCUT2D eigenvalue weighted by molar-refractivity contribution is 9.09. The molecule has 86 valence electrons. The Morgan fingerprint density at radius 2 is 1.88 bits per heavy atom. The normalized spacial score (nSPS) is 26.4. The van der Waals surface area contributed by atoms with Crippen molar-refractivity contribution >= 4 is 21.7 Å². The molecule has 1 aromatic carbocycles. The predicted octanol–water partition coefficient (Wildman–Crippen LogP) is 3.85. The van der Waals surface area contributed by atoms with Gasteiger partial charge in [0.15, 0.2) is 0 Å². The molecule has 16 heavy (non-hydrogen) atoms. The summed E-state index contributed by atoms with van der Waals surface area (Å²) in [6.07, 6.45) is 5.13. The SMILES string of the molecule is O=C1CCCCCC1(CBr)c1ccccc1. The maximum atomic E-state index is 12.3. The zero-order chi connectivity index (χ0) is 11.4. The number of alkyl halides is 1. The molecule has 0 N–H and O–H groups in total. The van der Waals surface area contributed by atoms with E-state index >= 15 is 0 Å². The summed E-state index contributed by atoms with van der Waals surface area (Å²) in [6.45, 7) is 0. The molecule has 0 aromatic heterocycles. The molecule has 0 amide bonds. The van der Waals surface area contributed by atoms with Gasteiger partial charge >= 0.3 is 0 Å². The van der Waals surface area contributed by atoms with E-state index in [1.807, 2.05) is 18.2 Å². The Morgan fingerprint density at radius 1 is 1.12 bits per heavy atom. The van der Waals surface area contributed by atoms with Crippen molar-refractivity contribution in [1.29, 1.82) is 0 Å². The van der Waals surface area contributed by atoms with Crippen LogP contribution in [0.25, 0.3) is 0 Å². The van der Waals surface area contributed by atoms with Crippen molar-refractivity contribution in [3.63, 3.8) is 0 Å². The summed E-state index contributed by atoms with van der Waals surface area (Å²) in [7, 11) is 0. The summed E-state index contributed by atoms with van der Waals surface area (Å²) in [4.78, 5) is 12.3. The molecule has 1 aliphatic rings. The molecule has 1 atom stereocenters. The molecule has 0 spiro atoms. The van der Waals surface area contributed by atoms with Crippen LogP contribution in [0.5, 0.6) is 0 Å². The third-order valence-electron chi connectivity index (χ3n) is 3.60. The maximum absolute atomic E-state index is 12.3. The Bertz CT molecular complexity index is 360. The van der Waals surface area contributed by atoms with Crippen LogP contribution in [0, 0.1) is 0 Å². The van der Waals surface area contributed by atoms with E-state index in [1.165, 1.54) is 12.0 Å². The van der Waals surface area contributed by atoms with Crippen LogP contribution in [-0.2, 0) is 10.2 Å². The lowest BCUT2D eigenvalue weighted by Crippen LogP contribution is -2.36. The lowest BCUT2D eigenvalue weighted by molar-refractivity contribution is -0.123. The molecule has 1 fully saturated rings. The van der Waals surface area contributed by atoms with Crippen LogP contribution in [-0.4, -0.2) is 11.1 Å². The van der Waals surface area contributed by atoms with E-state index < -0.39 is 0 Å². The molecule has 2 rings (SSSR count). The molecule has 2 heteroatoms. The minimum atomic E-state index is -0.266. The minimum absolute atomic E-state index is 0.266. The van der Waals surface area contributed by atoms with E-state index in [0.29, 0.717) is 5.78 Å². The second-order valence-corrected chi connectivity index (χ2v) is 5.13. The molecule has 0 heterocycles.